The number of H-pyrrole nitrogens is 2. The highest BCUT2D eigenvalue weighted by molar-refractivity contribution is 7.71. The Hall–Kier alpha value is -2.86. The van der Waals surface area contributed by atoms with Gasteiger partial charge in [0, 0.05) is 0 Å². The molecular weight excluding hydrogens is 396 g/mol. The number of nitrogens with zero attached hydrogens (tertiary/aromatic N) is 2. The summed E-state index contributed by atoms with van der Waals surface area (Å²) >= 11 is 5.59. The van der Waals surface area contributed by atoms with Gasteiger partial charge in [0.25, 0.3) is 5.56 Å². The molecule has 144 valence electrons. The molecule has 0 saturated carbocycles. The van der Waals surface area contributed by atoms with Crippen molar-refractivity contribution in [3.63, 3.8) is 0 Å². The summed E-state index contributed by atoms with van der Waals surface area (Å²) in [5.74, 6) is -1.89. The maximum atomic E-state index is 12.3. The molecule has 3 N–H and O–H groups in total. The molecule has 0 unspecified atom stereocenters. The van der Waals surface area contributed by atoms with Crippen LogP contribution in [-0.4, -0.2) is 40.2 Å². The number of ether oxygens (including phenoxy) is 2. The Kier molecular flexibility index (Phi) is 6.58. The lowest BCUT2D eigenvalue weighted by atomic mass is 10.1. The van der Waals surface area contributed by atoms with Gasteiger partial charge < -0.3 is 19.6 Å². The molecule has 10 nitrogen and oxygen atoms in total. The maximum Gasteiger partial charge on any atom is 0.348 e. The number of esters is 2. The second-order valence-electron chi connectivity index (χ2n) is 4.98. The molecule has 0 bridgehead atoms. The highest BCUT2D eigenvalue weighted by atomic mass is 32.1. The minimum absolute atomic E-state index is 0.0356. The average molecular weight is 412 g/mol. The third-order valence-corrected chi connectivity index (χ3v) is 4.57. The molecule has 0 fully saturated rings. The van der Waals surface area contributed by atoms with Crippen LogP contribution in [0.5, 0.6) is 5.88 Å². The van der Waals surface area contributed by atoms with Crippen LogP contribution in [0.2, 0.25) is 0 Å². The van der Waals surface area contributed by atoms with Gasteiger partial charge in [0.1, 0.15) is 10.4 Å². The third-order valence-electron chi connectivity index (χ3n) is 3.21. The van der Waals surface area contributed by atoms with E-state index in [4.69, 9.17) is 21.7 Å². The van der Waals surface area contributed by atoms with E-state index in [2.05, 4.69) is 20.2 Å². The zero-order valence-electron chi connectivity index (χ0n) is 14.6. The molecule has 0 radical (unpaired) electrons. The van der Waals surface area contributed by atoms with Crippen molar-refractivity contribution in [3.05, 3.63) is 31.1 Å². The van der Waals surface area contributed by atoms with Crippen molar-refractivity contribution in [3.8, 4) is 5.88 Å². The van der Waals surface area contributed by atoms with Crippen molar-refractivity contribution < 1.29 is 24.2 Å². The number of carbonyl (C=O) groups is 2. The minimum Gasteiger partial charge on any atom is -0.493 e. The summed E-state index contributed by atoms with van der Waals surface area (Å²) in [7, 11) is 0. The molecule has 0 aliphatic rings. The van der Waals surface area contributed by atoms with Crippen LogP contribution in [0.3, 0.4) is 0 Å². The van der Waals surface area contributed by atoms with Crippen LogP contribution in [-0.2, 0) is 9.47 Å². The Morgan fingerprint density at radius 1 is 1.15 bits per heavy atom. The van der Waals surface area contributed by atoms with Gasteiger partial charge in [0.2, 0.25) is 11.6 Å². The van der Waals surface area contributed by atoms with Crippen molar-refractivity contribution in [2.24, 2.45) is 10.2 Å². The van der Waals surface area contributed by atoms with E-state index in [9.17, 15) is 19.5 Å². The quantitative estimate of drug-likeness (QED) is 0.375. The van der Waals surface area contributed by atoms with Crippen LogP contribution in [0.15, 0.2) is 15.0 Å². The monoisotopic (exact) mass is 412 g/mol. The number of hydrogen-bond donors (Lipinski definition) is 3. The van der Waals surface area contributed by atoms with Crippen molar-refractivity contribution in [1.82, 2.24) is 9.97 Å². The van der Waals surface area contributed by atoms with E-state index in [1.165, 1.54) is 0 Å². The van der Waals surface area contributed by atoms with Gasteiger partial charge in [0.05, 0.1) is 13.2 Å². The number of aromatic amines is 2. The van der Waals surface area contributed by atoms with Crippen molar-refractivity contribution in [2.75, 3.05) is 13.2 Å². The van der Waals surface area contributed by atoms with Gasteiger partial charge in [-0.25, -0.2) is 9.59 Å². The number of aromatic nitrogens is 2. The molecule has 0 aliphatic heterocycles. The van der Waals surface area contributed by atoms with E-state index >= 15 is 0 Å². The summed E-state index contributed by atoms with van der Waals surface area (Å²) in [6.07, 6.45) is 0. The van der Waals surface area contributed by atoms with Gasteiger partial charge in [-0.05, 0) is 38.6 Å². The first kappa shape index (κ1) is 20.5. The lowest BCUT2D eigenvalue weighted by molar-refractivity contribution is 0.0527. The number of thiophene rings is 1. The first-order valence-corrected chi connectivity index (χ1v) is 8.97. The highest BCUT2D eigenvalue weighted by Crippen LogP contribution is 2.37. The number of rotatable bonds is 6. The predicted octanol–water partition coefficient (Wildman–Crippen LogP) is 3.28. The van der Waals surface area contributed by atoms with Gasteiger partial charge in [-0.2, -0.15) is 0 Å². The van der Waals surface area contributed by atoms with Crippen LogP contribution in [0.1, 0.15) is 39.4 Å². The molecule has 0 aliphatic carbocycles. The number of carbonyl (C=O) groups excluding carboxylic acids is 2. The lowest BCUT2D eigenvalue weighted by Gasteiger charge is -2.03. The van der Waals surface area contributed by atoms with E-state index in [-0.39, 0.29) is 33.4 Å². The Morgan fingerprint density at radius 3 is 2.37 bits per heavy atom. The minimum atomic E-state index is -0.767. The summed E-state index contributed by atoms with van der Waals surface area (Å²) in [6.45, 7) is 5.13. The highest BCUT2D eigenvalue weighted by Gasteiger charge is 2.26. The van der Waals surface area contributed by atoms with Crippen molar-refractivity contribution in [2.45, 2.75) is 20.8 Å². The summed E-state index contributed by atoms with van der Waals surface area (Å²) in [6, 6.07) is 0. The molecule has 2 heterocycles. The first-order chi connectivity index (χ1) is 12.8. The maximum absolute atomic E-state index is 12.3. The topological polar surface area (TPSA) is 146 Å². The zero-order valence-corrected chi connectivity index (χ0v) is 16.2. The second-order valence-corrected chi connectivity index (χ2v) is 6.39. The van der Waals surface area contributed by atoms with Crippen molar-refractivity contribution in [1.29, 1.82) is 0 Å². The Labute approximate surface area is 161 Å². The SMILES string of the molecule is CCOC(=O)c1sc(N=Nc2c(O)[nH]c(=S)[nH]c2=O)c(C(=O)OCC)c1C. The molecule has 0 aromatic carbocycles. The van der Waals surface area contributed by atoms with Gasteiger partial charge in [-0.3, -0.25) is 9.78 Å². The summed E-state index contributed by atoms with van der Waals surface area (Å²) < 4.78 is 9.88. The lowest BCUT2D eigenvalue weighted by Crippen LogP contribution is -2.08. The molecule has 0 atom stereocenters. The molecular formula is C15H16N4O6S2. The smallest absolute Gasteiger partial charge is 0.348 e. The molecule has 0 amide bonds. The van der Waals surface area contributed by atoms with Crippen LogP contribution in [0, 0.1) is 11.7 Å². The van der Waals surface area contributed by atoms with Crippen LogP contribution in [0.4, 0.5) is 10.7 Å². The van der Waals surface area contributed by atoms with E-state index in [0.717, 1.165) is 11.3 Å². The fourth-order valence-corrected chi connectivity index (χ4v) is 3.26. The Morgan fingerprint density at radius 2 is 1.78 bits per heavy atom. The number of azo groups is 1. The zero-order chi connectivity index (χ0) is 20.1. The fraction of sp³-hybridized carbons (Fsp3) is 0.333. The Balaban J connectivity index is 2.56. The van der Waals surface area contributed by atoms with Crippen LogP contribution >= 0.6 is 23.6 Å². The Bertz CT molecular complexity index is 1020. The van der Waals surface area contributed by atoms with Crippen LogP contribution < -0.4 is 5.56 Å². The van der Waals surface area contributed by atoms with Gasteiger partial charge in [-0.1, -0.05) is 0 Å². The number of nitrogens with one attached hydrogen (secondary N) is 2. The van der Waals surface area contributed by atoms with Crippen molar-refractivity contribution >= 4 is 46.2 Å². The molecule has 2 rings (SSSR count). The number of hydrogen-bond acceptors (Lipinski definition) is 10. The first-order valence-electron chi connectivity index (χ1n) is 7.75. The molecule has 0 saturated heterocycles. The standard InChI is InChI=1S/C15H16N4O6S2/c1-4-24-13(22)7-6(3)9(14(23)25-5-2)27-12(7)19-18-8-10(20)16-15(26)17-11(8)21/h4-5H2,1-3H3,(H3,16,17,20,21,26). The molecule has 0 spiro atoms. The van der Waals surface area contributed by atoms with E-state index in [1.54, 1.807) is 20.8 Å². The van der Waals surface area contributed by atoms with E-state index in [0.29, 0.717) is 5.56 Å². The number of aromatic hydroxyl groups is 1. The third kappa shape index (κ3) is 4.46. The van der Waals surface area contributed by atoms with E-state index < -0.39 is 29.1 Å². The summed E-state index contributed by atoms with van der Waals surface area (Å²) in [4.78, 5) is 40.9. The largest absolute Gasteiger partial charge is 0.493 e. The predicted molar refractivity (Wildman–Crippen MR) is 99.1 cm³/mol. The second kappa shape index (κ2) is 8.68. The summed E-state index contributed by atoms with van der Waals surface area (Å²) in [5.41, 5.74) is -0.830. The van der Waals surface area contributed by atoms with E-state index in [1.807, 2.05) is 0 Å². The molecule has 27 heavy (non-hydrogen) atoms. The molecule has 12 heteroatoms. The summed E-state index contributed by atoms with van der Waals surface area (Å²) in [5, 5.41) is 17.3. The van der Waals surface area contributed by atoms with Crippen LogP contribution in [0.25, 0.3) is 0 Å². The average Bonchev–Trinajstić information content (AvgIpc) is 2.91. The van der Waals surface area contributed by atoms with Gasteiger partial charge >= 0.3 is 11.9 Å². The fourth-order valence-electron chi connectivity index (χ4n) is 2.06. The normalized spacial score (nSPS) is 10.9. The molecule has 2 aromatic rings. The molecule has 2 aromatic heterocycles. The van der Waals surface area contributed by atoms with Gasteiger partial charge in [0.15, 0.2) is 9.77 Å². The van der Waals surface area contributed by atoms with Gasteiger partial charge in [-0.15, -0.1) is 21.6 Å².